The van der Waals surface area contributed by atoms with E-state index in [2.05, 4.69) is 129 Å². The molecule has 0 aliphatic carbocycles. The number of allylic oxidation sites excluding steroid dienone is 2. The summed E-state index contributed by atoms with van der Waals surface area (Å²) in [5.74, 6) is -0.0865. The molecule has 0 N–H and O–H groups in total. The first-order valence-corrected chi connectivity index (χ1v) is 20.3. The third-order valence-electron chi connectivity index (χ3n) is 8.60. The van der Waals surface area contributed by atoms with Crippen LogP contribution in [0.4, 0.5) is 0 Å². The number of hydrogen-bond donors (Lipinski definition) is 0. The van der Waals surface area contributed by atoms with Crippen molar-refractivity contribution in [2.75, 3.05) is 13.2 Å². The molecular formula is C36H56O4Si2. The fourth-order valence-corrected chi connectivity index (χ4v) is 13.6. The molecule has 0 radical (unpaired) electrons. The highest BCUT2D eigenvalue weighted by Crippen LogP contribution is 2.38. The van der Waals surface area contributed by atoms with Crippen molar-refractivity contribution in [2.45, 2.75) is 98.5 Å². The molecule has 0 fully saturated rings. The number of benzene rings is 2. The lowest BCUT2D eigenvalue weighted by atomic mass is 9.96. The van der Waals surface area contributed by atoms with Gasteiger partial charge in [-0.05, 0) is 58.9 Å². The molecule has 0 amide bonds. The lowest BCUT2D eigenvalue weighted by Crippen LogP contribution is -2.67. The molecule has 0 spiro atoms. The summed E-state index contributed by atoms with van der Waals surface area (Å²) in [7, 11) is -4.59. The normalized spacial score (nSPS) is 15.4. The molecule has 0 heterocycles. The minimum Gasteiger partial charge on any atom is -0.463 e. The Labute approximate surface area is 258 Å². The number of rotatable bonds is 16. The van der Waals surface area contributed by atoms with Crippen molar-refractivity contribution in [1.29, 1.82) is 0 Å². The molecule has 232 valence electrons. The number of ether oxygens (including phenoxy) is 1. The second-order valence-electron chi connectivity index (χ2n) is 12.6. The summed E-state index contributed by atoms with van der Waals surface area (Å²) in [5.41, 5.74) is 1.20. The van der Waals surface area contributed by atoms with Crippen LogP contribution < -0.4 is 10.4 Å². The Morgan fingerprint density at radius 1 is 0.857 bits per heavy atom. The van der Waals surface area contributed by atoms with Gasteiger partial charge in [0.1, 0.15) is 0 Å². The number of carbonyl (C=O) groups is 1. The zero-order valence-electron chi connectivity index (χ0n) is 27.9. The SMILES string of the molecule is CCOC(=O)/C=C/[C@H](C)/C=C(/C)[C@H](O[Si](CC)(CC)CC)[C@H](C)CO[Si](c1ccccc1)(c1ccccc1)C(C)(C)C. The van der Waals surface area contributed by atoms with Gasteiger partial charge in [0.25, 0.3) is 8.32 Å². The van der Waals surface area contributed by atoms with Crippen LogP contribution in [0.25, 0.3) is 0 Å². The maximum atomic E-state index is 11.9. The van der Waals surface area contributed by atoms with Gasteiger partial charge in [0.05, 0.1) is 12.7 Å². The summed E-state index contributed by atoms with van der Waals surface area (Å²) in [6, 6.07) is 24.9. The fraction of sp³-hybridized carbons (Fsp3) is 0.528. The molecule has 2 aromatic rings. The van der Waals surface area contributed by atoms with Crippen LogP contribution in [0.15, 0.2) is 84.5 Å². The lowest BCUT2D eigenvalue weighted by Gasteiger charge is -2.44. The summed E-state index contributed by atoms with van der Waals surface area (Å²) in [5, 5.41) is 2.49. The molecule has 0 unspecified atom stereocenters. The van der Waals surface area contributed by atoms with Gasteiger partial charge in [-0.15, -0.1) is 0 Å². The van der Waals surface area contributed by atoms with Crippen LogP contribution >= 0.6 is 0 Å². The molecule has 4 nitrogen and oxygen atoms in total. The highest BCUT2D eigenvalue weighted by molar-refractivity contribution is 6.99. The third-order valence-corrected chi connectivity index (χ3v) is 18.2. The Balaban J connectivity index is 2.52. The van der Waals surface area contributed by atoms with Crippen LogP contribution in [-0.4, -0.2) is 41.9 Å². The highest BCUT2D eigenvalue weighted by Gasteiger charge is 2.50. The zero-order valence-corrected chi connectivity index (χ0v) is 29.9. The first kappa shape index (κ1) is 35.9. The van der Waals surface area contributed by atoms with Crippen molar-refractivity contribution in [2.24, 2.45) is 11.8 Å². The van der Waals surface area contributed by atoms with Gasteiger partial charge >= 0.3 is 5.97 Å². The number of hydrogen-bond acceptors (Lipinski definition) is 4. The topological polar surface area (TPSA) is 44.8 Å². The molecule has 0 aliphatic heterocycles. The van der Waals surface area contributed by atoms with Crippen molar-refractivity contribution in [3.63, 3.8) is 0 Å². The van der Waals surface area contributed by atoms with E-state index in [0.29, 0.717) is 13.2 Å². The van der Waals surface area contributed by atoms with E-state index in [4.69, 9.17) is 13.6 Å². The van der Waals surface area contributed by atoms with Gasteiger partial charge in [-0.3, -0.25) is 0 Å². The molecule has 0 saturated carbocycles. The molecule has 42 heavy (non-hydrogen) atoms. The molecule has 2 aromatic carbocycles. The zero-order chi connectivity index (χ0) is 31.4. The monoisotopic (exact) mass is 608 g/mol. The van der Waals surface area contributed by atoms with Gasteiger partial charge in [0.2, 0.25) is 0 Å². The molecule has 0 aromatic heterocycles. The van der Waals surface area contributed by atoms with Crippen molar-refractivity contribution in [3.8, 4) is 0 Å². The lowest BCUT2D eigenvalue weighted by molar-refractivity contribution is -0.137. The number of carbonyl (C=O) groups excluding carboxylic acids is 1. The van der Waals surface area contributed by atoms with Gasteiger partial charge in [-0.2, -0.15) is 0 Å². The van der Waals surface area contributed by atoms with Crippen molar-refractivity contribution >= 4 is 33.0 Å². The molecule has 6 heteroatoms. The van der Waals surface area contributed by atoms with E-state index in [9.17, 15) is 4.79 Å². The number of esters is 1. The minimum absolute atomic E-state index is 0.0619. The van der Waals surface area contributed by atoms with Gasteiger partial charge in [-0.25, -0.2) is 4.79 Å². The summed E-state index contributed by atoms with van der Waals surface area (Å²) in [4.78, 5) is 11.9. The van der Waals surface area contributed by atoms with Crippen LogP contribution in [-0.2, 0) is 18.4 Å². The van der Waals surface area contributed by atoms with E-state index < -0.39 is 16.6 Å². The predicted molar refractivity (Wildman–Crippen MR) is 184 cm³/mol. The second-order valence-corrected chi connectivity index (χ2v) is 21.6. The predicted octanol–water partition coefficient (Wildman–Crippen LogP) is 8.29. The van der Waals surface area contributed by atoms with Gasteiger partial charge in [-0.1, -0.05) is 128 Å². The summed E-state index contributed by atoms with van der Waals surface area (Å²) >= 11 is 0. The van der Waals surface area contributed by atoms with Crippen molar-refractivity contribution in [1.82, 2.24) is 0 Å². The minimum atomic E-state index is -2.67. The Morgan fingerprint density at radius 3 is 1.79 bits per heavy atom. The van der Waals surface area contributed by atoms with E-state index >= 15 is 0 Å². The maximum Gasteiger partial charge on any atom is 0.330 e. The van der Waals surface area contributed by atoms with Crippen LogP contribution in [0.5, 0.6) is 0 Å². The highest BCUT2D eigenvalue weighted by atomic mass is 28.4. The van der Waals surface area contributed by atoms with E-state index in [1.807, 2.05) is 13.0 Å². The van der Waals surface area contributed by atoms with Crippen molar-refractivity contribution in [3.05, 3.63) is 84.5 Å². The fourth-order valence-electron chi connectivity index (χ4n) is 6.02. The first-order chi connectivity index (χ1) is 19.9. The largest absolute Gasteiger partial charge is 0.463 e. The Hall–Kier alpha value is -2.26. The Bertz CT molecular complexity index is 1090. The molecular weight excluding hydrogens is 553 g/mol. The van der Waals surface area contributed by atoms with Gasteiger partial charge in [0, 0.05) is 18.6 Å². The van der Waals surface area contributed by atoms with Crippen LogP contribution in [0.3, 0.4) is 0 Å². The van der Waals surface area contributed by atoms with Crippen LogP contribution in [0, 0.1) is 11.8 Å². The third kappa shape index (κ3) is 9.12. The van der Waals surface area contributed by atoms with Crippen molar-refractivity contribution < 1.29 is 18.4 Å². The van der Waals surface area contributed by atoms with E-state index in [1.165, 1.54) is 22.0 Å². The summed E-state index contributed by atoms with van der Waals surface area (Å²) in [6.45, 7) is 23.2. The second kappa shape index (κ2) is 16.6. The van der Waals surface area contributed by atoms with Gasteiger partial charge < -0.3 is 13.6 Å². The molecule has 2 rings (SSSR count). The Morgan fingerprint density at radius 2 is 1.36 bits per heavy atom. The van der Waals surface area contributed by atoms with E-state index in [0.717, 1.165) is 18.1 Å². The van der Waals surface area contributed by atoms with Crippen LogP contribution in [0.1, 0.15) is 69.2 Å². The molecule has 3 atom stereocenters. The molecule has 0 aliphatic rings. The van der Waals surface area contributed by atoms with Gasteiger partial charge in [0.15, 0.2) is 8.32 Å². The summed E-state index contributed by atoms with van der Waals surface area (Å²) < 4.78 is 19.7. The van der Waals surface area contributed by atoms with E-state index in [1.54, 1.807) is 0 Å². The Kier molecular flexibility index (Phi) is 14.2. The average molecular weight is 609 g/mol. The van der Waals surface area contributed by atoms with E-state index in [-0.39, 0.29) is 28.9 Å². The average Bonchev–Trinajstić information content (AvgIpc) is 2.98. The molecule has 0 saturated heterocycles. The molecule has 0 bridgehead atoms. The first-order valence-electron chi connectivity index (χ1n) is 15.9. The standard InChI is InChI=1S/C36H56O4Si2/c1-11-38-34(37)26-25-29(5)27-30(6)35(40-41(12-2,13-3)14-4)31(7)28-39-42(36(8,9)10,32-21-17-15-18-22-32)33-23-19-16-20-24-33/h15-27,29,31,35H,11-14,28H2,1-10H3/b26-25+,30-27-/t29-,31+,35-/m0/s1. The maximum absolute atomic E-state index is 11.9. The summed E-state index contributed by atoms with van der Waals surface area (Å²) in [6.07, 6.45) is 5.62. The van der Waals surface area contributed by atoms with Crippen LogP contribution in [0.2, 0.25) is 23.2 Å². The smallest absolute Gasteiger partial charge is 0.330 e. The quantitative estimate of drug-likeness (QED) is 0.0832.